The van der Waals surface area contributed by atoms with E-state index in [-0.39, 0.29) is 23.3 Å². The molecule has 1 saturated heterocycles. The number of nitrogens with one attached hydrogen (secondary N) is 3. The molecule has 2 fully saturated rings. The fourth-order valence-corrected chi connectivity index (χ4v) is 7.38. The van der Waals surface area contributed by atoms with E-state index in [4.69, 9.17) is 11.6 Å². The van der Waals surface area contributed by atoms with Gasteiger partial charge in [0.15, 0.2) is 0 Å². The first-order valence-corrected chi connectivity index (χ1v) is 16.4. The molecule has 3 aliphatic rings. The van der Waals surface area contributed by atoms with Crippen molar-refractivity contribution in [3.63, 3.8) is 0 Å². The molecule has 1 aliphatic carbocycles. The monoisotopic (exact) mass is 606 g/mol. The summed E-state index contributed by atoms with van der Waals surface area (Å²) < 4.78 is 0. The van der Waals surface area contributed by atoms with Crippen LogP contribution in [0.3, 0.4) is 0 Å². The van der Waals surface area contributed by atoms with Crippen LogP contribution in [0.1, 0.15) is 82.4 Å². The largest absolute Gasteiger partial charge is 0.351 e. The van der Waals surface area contributed by atoms with Crippen LogP contribution in [-0.4, -0.2) is 53.3 Å². The molecule has 2 heterocycles. The van der Waals surface area contributed by atoms with Crippen LogP contribution in [0.2, 0.25) is 5.02 Å². The molecule has 3 N–H and O–H groups in total. The normalized spacial score (nSPS) is 21.4. The van der Waals surface area contributed by atoms with Crippen molar-refractivity contribution in [2.24, 2.45) is 11.3 Å². The van der Waals surface area contributed by atoms with E-state index >= 15 is 0 Å². The smallest absolute Gasteiger partial charge is 0.245 e. The van der Waals surface area contributed by atoms with Crippen LogP contribution >= 0.6 is 11.6 Å². The summed E-state index contributed by atoms with van der Waals surface area (Å²) in [6, 6.07) is 14.5. The van der Waals surface area contributed by atoms with Gasteiger partial charge >= 0.3 is 0 Å². The average molecular weight is 607 g/mol. The van der Waals surface area contributed by atoms with Gasteiger partial charge in [0.2, 0.25) is 17.7 Å². The number of piperidine rings is 1. The van der Waals surface area contributed by atoms with Gasteiger partial charge in [-0.1, -0.05) is 67.3 Å². The number of nitrogens with zero attached hydrogens (tertiary/aromatic N) is 1. The fraction of sp³-hybridized carbons (Fsp3) is 0.571. The highest BCUT2D eigenvalue weighted by molar-refractivity contribution is 6.30. The van der Waals surface area contributed by atoms with Crippen LogP contribution in [-0.2, 0) is 33.8 Å². The summed E-state index contributed by atoms with van der Waals surface area (Å²) >= 11 is 6.13. The summed E-state index contributed by atoms with van der Waals surface area (Å²) in [5.74, 6) is 0.215. The Bertz CT molecular complexity index is 1290. The van der Waals surface area contributed by atoms with Gasteiger partial charge < -0.3 is 20.9 Å². The third-order valence-electron chi connectivity index (χ3n) is 9.66. The van der Waals surface area contributed by atoms with Crippen LogP contribution in [0, 0.1) is 11.3 Å². The third kappa shape index (κ3) is 7.61. The summed E-state index contributed by atoms with van der Waals surface area (Å²) in [5.41, 5.74) is 2.52. The lowest BCUT2D eigenvalue weighted by molar-refractivity contribution is -0.147. The number of hydrogen-bond donors (Lipinski definition) is 3. The summed E-state index contributed by atoms with van der Waals surface area (Å²) in [6.07, 6.45) is 7.93. The fourth-order valence-electron chi connectivity index (χ4n) is 7.26. The van der Waals surface area contributed by atoms with Crippen molar-refractivity contribution < 1.29 is 14.4 Å². The van der Waals surface area contributed by atoms with Gasteiger partial charge in [0.1, 0.15) is 6.04 Å². The Balaban J connectivity index is 1.31. The van der Waals surface area contributed by atoms with E-state index < -0.39 is 17.5 Å². The minimum atomic E-state index is -0.710. The first-order chi connectivity index (χ1) is 20.5. The molecule has 0 spiro atoms. The average Bonchev–Trinajstić information content (AvgIpc) is 3.00. The van der Waals surface area contributed by atoms with E-state index in [2.05, 4.69) is 28.1 Å². The first kappa shape index (κ1) is 31.5. The number of rotatable bonds is 7. The van der Waals surface area contributed by atoms with Crippen molar-refractivity contribution >= 4 is 29.3 Å². The van der Waals surface area contributed by atoms with Gasteiger partial charge in [0, 0.05) is 36.6 Å². The maximum absolute atomic E-state index is 14.1. The second kappa shape index (κ2) is 13.4. The number of fused-ring (bicyclic) bond motifs is 1. The zero-order valence-electron chi connectivity index (χ0n) is 25.9. The van der Waals surface area contributed by atoms with E-state index in [1.54, 1.807) is 0 Å². The van der Waals surface area contributed by atoms with Gasteiger partial charge in [-0.05, 0) is 87.6 Å². The summed E-state index contributed by atoms with van der Waals surface area (Å²) in [7, 11) is 0. The van der Waals surface area contributed by atoms with E-state index in [0.29, 0.717) is 56.3 Å². The molecule has 7 nitrogen and oxygen atoms in total. The van der Waals surface area contributed by atoms with E-state index in [9.17, 15) is 14.4 Å². The molecule has 2 aromatic rings. The molecule has 2 aliphatic heterocycles. The van der Waals surface area contributed by atoms with Gasteiger partial charge in [-0.15, -0.1) is 0 Å². The molecular formula is C35H47ClN4O3. The van der Waals surface area contributed by atoms with Gasteiger partial charge in [-0.2, -0.15) is 0 Å². The molecule has 0 aromatic heterocycles. The van der Waals surface area contributed by atoms with Crippen LogP contribution in [0.25, 0.3) is 0 Å². The molecule has 232 valence electrons. The van der Waals surface area contributed by atoms with Gasteiger partial charge in [-0.25, -0.2) is 0 Å². The minimum Gasteiger partial charge on any atom is -0.351 e. The summed E-state index contributed by atoms with van der Waals surface area (Å²) in [4.78, 5) is 43.4. The standard InChI is InChI=1S/C35H47ClN4O3/c1-34(2,3)39-33(43)35(27-11-5-4-6-12-27)17-19-40(20-18-35)32(42)30(21-24-13-15-28(36)16-14-24)38-31(41)29-22-25-9-7-8-10-26(25)23-37-29/h7-10,13-16,27,29-30,37H,4-6,11-12,17-23H2,1-3H3,(H,38,41)(H,39,43)/t29?,30-/m1/s1. The number of halogens is 1. The molecule has 43 heavy (non-hydrogen) atoms. The molecule has 5 rings (SSSR count). The predicted octanol–water partition coefficient (Wildman–Crippen LogP) is 5.19. The van der Waals surface area contributed by atoms with Crippen molar-refractivity contribution in [1.82, 2.24) is 20.9 Å². The zero-order valence-corrected chi connectivity index (χ0v) is 26.6. The van der Waals surface area contributed by atoms with Crippen molar-refractivity contribution in [1.29, 1.82) is 0 Å². The molecule has 1 saturated carbocycles. The van der Waals surface area contributed by atoms with Crippen molar-refractivity contribution in [3.05, 3.63) is 70.2 Å². The Hall–Kier alpha value is -2.90. The second-order valence-electron chi connectivity index (χ2n) is 13.8. The van der Waals surface area contributed by atoms with Crippen LogP contribution in [0.4, 0.5) is 0 Å². The quantitative estimate of drug-likeness (QED) is 0.405. The van der Waals surface area contributed by atoms with Crippen molar-refractivity contribution in [2.45, 2.75) is 103 Å². The Morgan fingerprint density at radius 1 is 0.977 bits per heavy atom. The molecule has 2 atom stereocenters. The Kier molecular flexibility index (Phi) is 9.82. The lowest BCUT2D eigenvalue weighted by atomic mass is 9.63. The molecule has 0 bridgehead atoms. The maximum Gasteiger partial charge on any atom is 0.245 e. The summed E-state index contributed by atoms with van der Waals surface area (Å²) in [6.45, 7) is 7.73. The number of carbonyl (C=O) groups is 3. The third-order valence-corrected chi connectivity index (χ3v) is 9.91. The molecule has 8 heteroatoms. The molecular weight excluding hydrogens is 560 g/mol. The highest BCUT2D eigenvalue weighted by atomic mass is 35.5. The Morgan fingerprint density at radius 2 is 1.63 bits per heavy atom. The number of hydrogen-bond acceptors (Lipinski definition) is 4. The second-order valence-corrected chi connectivity index (χ2v) is 14.3. The maximum atomic E-state index is 14.1. The van der Waals surface area contributed by atoms with Gasteiger partial charge in [-0.3, -0.25) is 14.4 Å². The molecule has 3 amide bonds. The molecule has 2 aromatic carbocycles. The van der Waals surface area contributed by atoms with E-state index in [0.717, 1.165) is 36.8 Å². The zero-order chi connectivity index (χ0) is 30.6. The molecule has 1 unspecified atom stereocenters. The predicted molar refractivity (Wildman–Crippen MR) is 171 cm³/mol. The topological polar surface area (TPSA) is 90.5 Å². The van der Waals surface area contributed by atoms with Crippen molar-refractivity contribution in [2.75, 3.05) is 13.1 Å². The van der Waals surface area contributed by atoms with E-state index in [1.807, 2.05) is 62.1 Å². The molecule has 0 radical (unpaired) electrons. The van der Waals surface area contributed by atoms with Crippen LogP contribution in [0.5, 0.6) is 0 Å². The van der Waals surface area contributed by atoms with E-state index in [1.165, 1.54) is 12.0 Å². The number of benzene rings is 2. The number of amides is 3. The lowest BCUT2D eigenvalue weighted by Crippen LogP contribution is -2.60. The van der Waals surface area contributed by atoms with Crippen molar-refractivity contribution in [3.8, 4) is 0 Å². The number of likely N-dealkylation sites (tertiary alicyclic amines) is 1. The lowest BCUT2D eigenvalue weighted by Gasteiger charge is -2.48. The van der Waals surface area contributed by atoms with Gasteiger partial charge in [0.25, 0.3) is 0 Å². The minimum absolute atomic E-state index is 0.0898. The highest BCUT2D eigenvalue weighted by Crippen LogP contribution is 2.46. The Labute approximate surface area is 261 Å². The first-order valence-electron chi connectivity index (χ1n) is 16.0. The van der Waals surface area contributed by atoms with Crippen LogP contribution < -0.4 is 16.0 Å². The van der Waals surface area contributed by atoms with Gasteiger partial charge in [0.05, 0.1) is 11.5 Å². The summed E-state index contributed by atoms with van der Waals surface area (Å²) in [5, 5.41) is 10.4. The SMILES string of the molecule is CC(C)(C)NC(=O)C1(C2CCCCC2)CCN(C(=O)[C@@H](Cc2ccc(Cl)cc2)NC(=O)C2Cc3ccccc3CN2)CC1. The number of carbonyl (C=O) groups excluding carboxylic acids is 3. The Morgan fingerprint density at radius 3 is 2.28 bits per heavy atom. The van der Waals surface area contributed by atoms with Crippen LogP contribution in [0.15, 0.2) is 48.5 Å². The highest BCUT2D eigenvalue weighted by Gasteiger charge is 2.49.